The van der Waals surface area contributed by atoms with Crippen molar-refractivity contribution in [1.82, 2.24) is 10.6 Å². The van der Waals surface area contributed by atoms with Gasteiger partial charge in [-0.15, -0.1) is 0 Å². The molecule has 0 atom stereocenters. The Balaban J connectivity index is 2.24. The lowest BCUT2D eigenvalue weighted by molar-refractivity contribution is -0.123. The van der Waals surface area contributed by atoms with Crippen molar-refractivity contribution in [1.29, 1.82) is 0 Å². The highest BCUT2D eigenvalue weighted by molar-refractivity contribution is 5.90. The Morgan fingerprint density at radius 3 is 2.45 bits per heavy atom. The first kappa shape index (κ1) is 6.70. The van der Waals surface area contributed by atoms with Crippen molar-refractivity contribution in [2.45, 2.75) is 31.2 Å². The van der Waals surface area contributed by atoms with Crippen molar-refractivity contribution in [3.63, 3.8) is 0 Å². The van der Waals surface area contributed by atoms with Gasteiger partial charge in [-0.2, -0.15) is 0 Å². The molecule has 1 aliphatic heterocycles. The predicted octanol–water partition coefficient (Wildman–Crippen LogP) is 0.490. The van der Waals surface area contributed by atoms with E-state index < -0.39 is 0 Å². The lowest BCUT2D eigenvalue weighted by Crippen LogP contribution is -2.43. The van der Waals surface area contributed by atoms with Crippen LogP contribution in [-0.2, 0) is 4.79 Å². The molecule has 0 unspecified atom stereocenters. The summed E-state index contributed by atoms with van der Waals surface area (Å²) in [6.45, 7) is 3.68. The molecule has 3 heteroatoms. The number of hydrogen-bond acceptors (Lipinski definition) is 2. The molecule has 2 rings (SSSR count). The first-order valence-electron chi connectivity index (χ1n) is 4.01. The molecular formula is C8H12N2O. The largest absolute Gasteiger partial charge is 0.358 e. The third kappa shape index (κ3) is 0.836. The summed E-state index contributed by atoms with van der Waals surface area (Å²) < 4.78 is 0. The molecule has 1 amide bonds. The fourth-order valence-corrected chi connectivity index (χ4v) is 1.96. The highest BCUT2D eigenvalue weighted by Gasteiger charge is 2.45. The minimum atomic E-state index is -0.281. The van der Waals surface area contributed by atoms with Crippen LogP contribution in [0.5, 0.6) is 0 Å². The van der Waals surface area contributed by atoms with E-state index in [-0.39, 0.29) is 11.4 Å². The molecule has 60 valence electrons. The zero-order valence-corrected chi connectivity index (χ0v) is 6.44. The van der Waals surface area contributed by atoms with Crippen LogP contribution >= 0.6 is 0 Å². The van der Waals surface area contributed by atoms with Gasteiger partial charge in [-0.05, 0) is 12.8 Å². The Morgan fingerprint density at radius 2 is 2.00 bits per heavy atom. The summed E-state index contributed by atoms with van der Waals surface area (Å²) >= 11 is 0. The molecular weight excluding hydrogens is 140 g/mol. The summed E-state index contributed by atoms with van der Waals surface area (Å²) in [4.78, 5) is 11.4. The van der Waals surface area contributed by atoms with Crippen LogP contribution in [-0.4, -0.2) is 11.4 Å². The lowest BCUT2D eigenvalue weighted by atomic mass is 9.99. The summed E-state index contributed by atoms with van der Waals surface area (Å²) in [6.07, 6.45) is 4.21. The number of carbonyl (C=O) groups is 1. The maximum Gasteiger partial charge on any atom is 0.251 e. The Labute approximate surface area is 65.9 Å². The predicted molar refractivity (Wildman–Crippen MR) is 41.6 cm³/mol. The molecule has 0 aromatic heterocycles. The standard InChI is InChI=1S/C8H12N2O/c1-6-9-7(11)8(10-6)4-2-3-5-8/h10H,1-5H2,(H,9,11). The van der Waals surface area contributed by atoms with E-state index in [0.717, 1.165) is 25.7 Å². The Kier molecular flexibility index (Phi) is 1.22. The second kappa shape index (κ2) is 2.00. The second-order valence-electron chi connectivity index (χ2n) is 3.35. The summed E-state index contributed by atoms with van der Waals surface area (Å²) in [5.74, 6) is 0.775. The van der Waals surface area contributed by atoms with Gasteiger partial charge in [0.05, 0.1) is 5.82 Å². The van der Waals surface area contributed by atoms with Gasteiger partial charge in [0.15, 0.2) is 0 Å². The van der Waals surface area contributed by atoms with E-state index in [9.17, 15) is 4.79 Å². The average Bonchev–Trinajstić information content (AvgIpc) is 2.45. The SMILES string of the molecule is C=C1NC(=O)C2(CCCC2)N1. The third-order valence-corrected chi connectivity index (χ3v) is 2.55. The molecule has 2 aliphatic rings. The maximum absolute atomic E-state index is 11.4. The molecule has 11 heavy (non-hydrogen) atoms. The molecule has 0 aromatic carbocycles. The van der Waals surface area contributed by atoms with Crippen molar-refractivity contribution in [2.75, 3.05) is 0 Å². The van der Waals surface area contributed by atoms with Gasteiger partial charge in [0.25, 0.3) is 5.91 Å². The molecule has 1 aliphatic carbocycles. The molecule has 1 heterocycles. The fraction of sp³-hybridized carbons (Fsp3) is 0.625. The zero-order chi connectivity index (χ0) is 7.90. The van der Waals surface area contributed by atoms with Gasteiger partial charge in [0.1, 0.15) is 5.54 Å². The first-order valence-corrected chi connectivity index (χ1v) is 4.01. The minimum Gasteiger partial charge on any atom is -0.358 e. The zero-order valence-electron chi connectivity index (χ0n) is 6.44. The topological polar surface area (TPSA) is 41.1 Å². The van der Waals surface area contributed by atoms with Gasteiger partial charge >= 0.3 is 0 Å². The van der Waals surface area contributed by atoms with Crippen molar-refractivity contribution >= 4 is 5.91 Å². The highest BCUT2D eigenvalue weighted by Crippen LogP contribution is 2.32. The number of amides is 1. The molecule has 2 N–H and O–H groups in total. The van der Waals surface area contributed by atoms with Crippen molar-refractivity contribution in [2.24, 2.45) is 0 Å². The molecule has 1 spiro atoms. The smallest absolute Gasteiger partial charge is 0.251 e. The molecule has 2 fully saturated rings. The van der Waals surface area contributed by atoms with Crippen LogP contribution in [0, 0.1) is 0 Å². The highest BCUT2D eigenvalue weighted by atomic mass is 16.2. The monoisotopic (exact) mass is 152 g/mol. The summed E-state index contributed by atoms with van der Waals surface area (Å²) in [5, 5.41) is 5.83. The second-order valence-corrected chi connectivity index (χ2v) is 3.35. The molecule has 0 bridgehead atoms. The molecule has 0 radical (unpaired) electrons. The third-order valence-electron chi connectivity index (χ3n) is 2.55. The van der Waals surface area contributed by atoms with Crippen LogP contribution in [0.25, 0.3) is 0 Å². The van der Waals surface area contributed by atoms with E-state index in [1.165, 1.54) is 0 Å². The normalized spacial score (nSPS) is 27.3. The van der Waals surface area contributed by atoms with Gasteiger partial charge in [0.2, 0.25) is 0 Å². The van der Waals surface area contributed by atoms with E-state index in [0.29, 0.717) is 5.82 Å². The van der Waals surface area contributed by atoms with Gasteiger partial charge < -0.3 is 10.6 Å². The van der Waals surface area contributed by atoms with E-state index >= 15 is 0 Å². The number of nitrogens with one attached hydrogen (secondary N) is 2. The van der Waals surface area contributed by atoms with E-state index in [4.69, 9.17) is 0 Å². The van der Waals surface area contributed by atoms with Gasteiger partial charge in [-0.25, -0.2) is 0 Å². The van der Waals surface area contributed by atoms with Crippen molar-refractivity contribution in [3.05, 3.63) is 12.4 Å². The molecule has 1 saturated heterocycles. The minimum absolute atomic E-state index is 0.111. The Morgan fingerprint density at radius 1 is 1.36 bits per heavy atom. The maximum atomic E-state index is 11.4. The Hall–Kier alpha value is -0.990. The summed E-state index contributed by atoms with van der Waals surface area (Å²) in [6, 6.07) is 0. The van der Waals surface area contributed by atoms with Crippen LogP contribution in [0.1, 0.15) is 25.7 Å². The number of hydrogen-bond donors (Lipinski definition) is 2. The fourth-order valence-electron chi connectivity index (χ4n) is 1.96. The van der Waals surface area contributed by atoms with Crippen LogP contribution in [0.3, 0.4) is 0 Å². The van der Waals surface area contributed by atoms with E-state index in [1.54, 1.807) is 0 Å². The van der Waals surface area contributed by atoms with Crippen LogP contribution < -0.4 is 10.6 Å². The van der Waals surface area contributed by atoms with Crippen LogP contribution in [0.2, 0.25) is 0 Å². The quantitative estimate of drug-likeness (QED) is 0.530. The van der Waals surface area contributed by atoms with Crippen LogP contribution in [0.4, 0.5) is 0 Å². The Bertz CT molecular complexity index is 216. The molecule has 0 aromatic rings. The average molecular weight is 152 g/mol. The first-order chi connectivity index (χ1) is 5.23. The molecule has 1 saturated carbocycles. The van der Waals surface area contributed by atoms with E-state index in [1.807, 2.05) is 0 Å². The number of rotatable bonds is 0. The van der Waals surface area contributed by atoms with Crippen LogP contribution in [0.15, 0.2) is 12.4 Å². The lowest BCUT2D eigenvalue weighted by Gasteiger charge is -2.18. The molecule has 3 nitrogen and oxygen atoms in total. The van der Waals surface area contributed by atoms with Gasteiger partial charge in [0, 0.05) is 0 Å². The number of carbonyl (C=O) groups excluding carboxylic acids is 1. The van der Waals surface area contributed by atoms with Gasteiger partial charge in [-0.3, -0.25) is 4.79 Å². The van der Waals surface area contributed by atoms with Crippen molar-refractivity contribution < 1.29 is 4.79 Å². The van der Waals surface area contributed by atoms with Gasteiger partial charge in [-0.1, -0.05) is 19.4 Å². The summed E-state index contributed by atoms with van der Waals surface area (Å²) in [7, 11) is 0. The van der Waals surface area contributed by atoms with E-state index in [2.05, 4.69) is 17.2 Å². The van der Waals surface area contributed by atoms with Crippen molar-refractivity contribution in [3.8, 4) is 0 Å². The summed E-state index contributed by atoms with van der Waals surface area (Å²) in [5.41, 5.74) is -0.281.